The number of allylic oxidation sites excluding steroid dienone is 1. The van der Waals surface area contributed by atoms with Gasteiger partial charge in [0.1, 0.15) is 12.4 Å². The van der Waals surface area contributed by atoms with Gasteiger partial charge in [-0.3, -0.25) is 4.79 Å². The maximum absolute atomic E-state index is 13.0. The van der Waals surface area contributed by atoms with Crippen molar-refractivity contribution in [2.45, 2.75) is 31.3 Å². The first-order valence-corrected chi connectivity index (χ1v) is 10.1. The van der Waals surface area contributed by atoms with Gasteiger partial charge in [0.15, 0.2) is 5.16 Å². The number of anilines is 1. The summed E-state index contributed by atoms with van der Waals surface area (Å²) in [5, 5.41) is 3.70. The zero-order chi connectivity index (χ0) is 20.1. The molecule has 28 heavy (non-hydrogen) atoms. The Hall–Kier alpha value is -2.80. The fourth-order valence-corrected chi connectivity index (χ4v) is 3.88. The van der Waals surface area contributed by atoms with Crippen molar-refractivity contribution in [3.8, 4) is 0 Å². The lowest BCUT2D eigenvalue weighted by Gasteiger charge is -2.28. The molecule has 1 aliphatic rings. The van der Waals surface area contributed by atoms with Crippen molar-refractivity contribution in [1.82, 2.24) is 9.97 Å². The molecule has 0 fully saturated rings. The minimum Gasteiger partial charge on any atom is -0.458 e. The fourth-order valence-electron chi connectivity index (χ4n) is 3.16. The maximum atomic E-state index is 13.0. The van der Waals surface area contributed by atoms with Crippen molar-refractivity contribution in [2.75, 3.05) is 17.7 Å². The molecular formula is C21H23N3O3S. The molecule has 7 heteroatoms. The van der Waals surface area contributed by atoms with Gasteiger partial charge < -0.3 is 15.0 Å². The number of thioether (sulfide) groups is 1. The van der Waals surface area contributed by atoms with Crippen molar-refractivity contribution in [3.63, 3.8) is 0 Å². The highest BCUT2D eigenvalue weighted by Crippen LogP contribution is 2.39. The normalized spacial score (nSPS) is 15.6. The third-order valence-corrected chi connectivity index (χ3v) is 5.43. The van der Waals surface area contributed by atoms with Crippen LogP contribution in [0.25, 0.3) is 0 Å². The van der Waals surface area contributed by atoms with E-state index in [1.54, 1.807) is 6.92 Å². The smallest absolute Gasteiger partial charge is 0.337 e. The van der Waals surface area contributed by atoms with E-state index in [2.05, 4.69) is 28.8 Å². The first-order chi connectivity index (χ1) is 13.6. The van der Waals surface area contributed by atoms with Crippen LogP contribution in [0.5, 0.6) is 0 Å². The summed E-state index contributed by atoms with van der Waals surface area (Å²) in [7, 11) is 0. The third kappa shape index (κ3) is 4.04. The zero-order valence-corrected chi connectivity index (χ0v) is 16.8. The van der Waals surface area contributed by atoms with Crippen molar-refractivity contribution < 1.29 is 9.53 Å². The Morgan fingerprint density at radius 3 is 2.79 bits per heavy atom. The van der Waals surface area contributed by atoms with Gasteiger partial charge in [-0.25, -0.2) is 9.78 Å². The average Bonchev–Trinajstić information content (AvgIpc) is 2.70. The molecule has 0 saturated carbocycles. The number of fused-ring (bicyclic) bond motifs is 1. The maximum Gasteiger partial charge on any atom is 0.337 e. The molecule has 1 atom stereocenters. The van der Waals surface area contributed by atoms with E-state index >= 15 is 0 Å². The van der Waals surface area contributed by atoms with Crippen LogP contribution in [0, 0.1) is 0 Å². The van der Waals surface area contributed by atoms with E-state index in [4.69, 9.17) is 4.74 Å². The summed E-state index contributed by atoms with van der Waals surface area (Å²) in [6.45, 7) is 7.55. The quantitative estimate of drug-likeness (QED) is 0.320. The van der Waals surface area contributed by atoms with Gasteiger partial charge in [0.05, 0.1) is 17.1 Å². The van der Waals surface area contributed by atoms with Gasteiger partial charge in [0, 0.05) is 11.4 Å². The van der Waals surface area contributed by atoms with Crippen molar-refractivity contribution in [1.29, 1.82) is 0 Å². The van der Waals surface area contributed by atoms with Gasteiger partial charge in [-0.05, 0) is 18.9 Å². The van der Waals surface area contributed by atoms with Crippen LogP contribution in [0.1, 0.15) is 37.3 Å². The Kier molecular flexibility index (Phi) is 6.36. The first kappa shape index (κ1) is 19.9. The summed E-state index contributed by atoms with van der Waals surface area (Å²) in [5.41, 5.74) is 2.02. The summed E-state index contributed by atoms with van der Waals surface area (Å²) >= 11 is 1.50. The summed E-state index contributed by atoms with van der Waals surface area (Å²) < 4.78 is 5.29. The van der Waals surface area contributed by atoms with E-state index in [1.165, 1.54) is 17.8 Å². The monoisotopic (exact) mass is 397 g/mol. The van der Waals surface area contributed by atoms with Crippen LogP contribution < -0.4 is 10.9 Å². The van der Waals surface area contributed by atoms with Crippen LogP contribution in [-0.4, -0.2) is 28.3 Å². The van der Waals surface area contributed by atoms with E-state index in [0.29, 0.717) is 27.8 Å². The highest BCUT2D eigenvalue weighted by atomic mass is 32.2. The average molecular weight is 398 g/mol. The number of hydrogen-bond acceptors (Lipinski definition) is 6. The van der Waals surface area contributed by atoms with E-state index < -0.39 is 11.9 Å². The molecule has 2 N–H and O–H groups in total. The molecule has 1 aromatic carbocycles. The molecule has 0 radical (unpaired) electrons. The highest BCUT2D eigenvalue weighted by Gasteiger charge is 2.36. The number of carbonyl (C=O) groups is 1. The number of esters is 1. The molecule has 2 aromatic rings. The predicted octanol–water partition coefficient (Wildman–Crippen LogP) is 3.83. The Balaban J connectivity index is 2.14. The number of nitrogens with zero attached hydrogens (tertiary/aromatic N) is 1. The van der Waals surface area contributed by atoms with Gasteiger partial charge in [0.25, 0.3) is 5.56 Å². The van der Waals surface area contributed by atoms with Crippen LogP contribution in [0.3, 0.4) is 0 Å². The topological polar surface area (TPSA) is 84.1 Å². The molecule has 146 valence electrons. The number of benzene rings is 1. The number of hydrogen-bond donors (Lipinski definition) is 2. The highest BCUT2D eigenvalue weighted by molar-refractivity contribution is 7.99. The molecule has 1 unspecified atom stereocenters. The lowest BCUT2D eigenvalue weighted by atomic mass is 9.82. The standard InChI is InChI=1S/C21H23N3O3S/c1-4-11-27-20(26)15-13(3)22-18-17(16(15)14-9-7-6-8-10-14)19(25)24-21(23-18)28-12-5-2/h4,6-10,16H,1,5,11-12H2,2-3H3,(H2,22,23,24,25). The second-order valence-corrected chi connectivity index (χ2v) is 7.46. The van der Waals surface area contributed by atoms with Crippen LogP contribution in [0.2, 0.25) is 0 Å². The van der Waals surface area contributed by atoms with Gasteiger partial charge in [-0.1, -0.05) is 61.7 Å². The Morgan fingerprint density at radius 1 is 1.36 bits per heavy atom. The molecule has 0 bridgehead atoms. The molecule has 0 amide bonds. The van der Waals surface area contributed by atoms with Gasteiger partial charge >= 0.3 is 5.97 Å². The summed E-state index contributed by atoms with van der Waals surface area (Å²) in [4.78, 5) is 33.2. The molecule has 2 heterocycles. The lowest BCUT2D eigenvalue weighted by Crippen LogP contribution is -2.31. The Morgan fingerprint density at radius 2 is 2.11 bits per heavy atom. The largest absolute Gasteiger partial charge is 0.458 e. The van der Waals surface area contributed by atoms with Crippen LogP contribution in [-0.2, 0) is 9.53 Å². The third-order valence-electron chi connectivity index (χ3n) is 4.35. The Labute approximate surface area is 168 Å². The fraction of sp³-hybridized carbons (Fsp3) is 0.286. The molecule has 1 aliphatic heterocycles. The number of nitrogens with one attached hydrogen (secondary N) is 2. The Bertz CT molecular complexity index is 967. The van der Waals surface area contributed by atoms with E-state index in [0.717, 1.165) is 17.7 Å². The van der Waals surface area contributed by atoms with Gasteiger partial charge in [0.2, 0.25) is 0 Å². The summed E-state index contributed by atoms with van der Waals surface area (Å²) in [5.74, 6) is 0.302. The summed E-state index contributed by atoms with van der Waals surface area (Å²) in [6.07, 6.45) is 2.49. The van der Waals surface area contributed by atoms with Crippen LogP contribution >= 0.6 is 11.8 Å². The zero-order valence-electron chi connectivity index (χ0n) is 16.0. The van der Waals surface area contributed by atoms with E-state index in [1.807, 2.05) is 30.3 Å². The van der Waals surface area contributed by atoms with Crippen molar-refractivity contribution in [2.24, 2.45) is 0 Å². The number of carbonyl (C=O) groups excluding carboxylic acids is 1. The molecule has 0 spiro atoms. The predicted molar refractivity (Wildman–Crippen MR) is 112 cm³/mol. The van der Waals surface area contributed by atoms with Gasteiger partial charge in [-0.2, -0.15) is 0 Å². The number of aromatic amines is 1. The van der Waals surface area contributed by atoms with E-state index in [-0.39, 0.29) is 12.2 Å². The second-order valence-electron chi connectivity index (χ2n) is 6.38. The number of rotatable bonds is 7. The molecule has 0 aliphatic carbocycles. The SMILES string of the molecule is C=CCOC(=O)C1=C(C)Nc2nc(SCCC)[nH]c(=O)c2C1c1ccccc1. The molecule has 6 nitrogen and oxygen atoms in total. The molecule has 1 aromatic heterocycles. The van der Waals surface area contributed by atoms with Gasteiger partial charge in [-0.15, -0.1) is 0 Å². The number of ether oxygens (including phenoxy) is 1. The first-order valence-electron chi connectivity index (χ1n) is 9.14. The molecule has 0 saturated heterocycles. The number of H-pyrrole nitrogens is 1. The molecule has 3 rings (SSSR count). The van der Waals surface area contributed by atoms with Crippen LogP contribution in [0.15, 0.2) is 64.2 Å². The van der Waals surface area contributed by atoms with Crippen molar-refractivity contribution in [3.05, 3.63) is 75.7 Å². The number of aromatic nitrogens is 2. The minimum absolute atomic E-state index is 0.102. The lowest BCUT2D eigenvalue weighted by molar-refractivity contribution is -0.138. The van der Waals surface area contributed by atoms with E-state index in [9.17, 15) is 9.59 Å². The van der Waals surface area contributed by atoms with Crippen LogP contribution in [0.4, 0.5) is 5.82 Å². The minimum atomic E-state index is -0.559. The molecular weight excluding hydrogens is 374 g/mol. The second kappa shape index (κ2) is 8.93. The van der Waals surface area contributed by atoms with Crippen molar-refractivity contribution >= 4 is 23.5 Å². The summed E-state index contributed by atoms with van der Waals surface area (Å²) in [6, 6.07) is 9.45.